The van der Waals surface area contributed by atoms with E-state index in [-0.39, 0.29) is 6.42 Å². The van der Waals surface area contributed by atoms with Gasteiger partial charge < -0.3 is 19.3 Å². The SMILES string of the molecule is COC(=O)C1(C(=O)OC)OC(C)(O)CC1c1ccccc1. The lowest BCUT2D eigenvalue weighted by Gasteiger charge is -2.29. The van der Waals surface area contributed by atoms with Gasteiger partial charge in [-0.3, -0.25) is 0 Å². The Labute approximate surface area is 122 Å². The Morgan fingerprint density at radius 3 is 2.19 bits per heavy atom. The van der Waals surface area contributed by atoms with E-state index in [1.54, 1.807) is 24.3 Å². The Morgan fingerprint density at radius 1 is 1.19 bits per heavy atom. The molecule has 1 fully saturated rings. The van der Waals surface area contributed by atoms with Gasteiger partial charge in [0.15, 0.2) is 5.79 Å². The first-order valence-corrected chi connectivity index (χ1v) is 6.51. The molecule has 6 nitrogen and oxygen atoms in total. The number of methoxy groups -OCH3 is 2. The summed E-state index contributed by atoms with van der Waals surface area (Å²) in [4.78, 5) is 24.5. The van der Waals surface area contributed by atoms with E-state index in [1.165, 1.54) is 6.92 Å². The fourth-order valence-electron chi connectivity index (χ4n) is 2.77. The van der Waals surface area contributed by atoms with Crippen LogP contribution >= 0.6 is 0 Å². The van der Waals surface area contributed by atoms with Gasteiger partial charge in [-0.1, -0.05) is 30.3 Å². The van der Waals surface area contributed by atoms with Gasteiger partial charge in [0.1, 0.15) is 0 Å². The largest absolute Gasteiger partial charge is 0.466 e. The Kier molecular flexibility index (Phi) is 4.02. The predicted molar refractivity (Wildman–Crippen MR) is 72.3 cm³/mol. The summed E-state index contributed by atoms with van der Waals surface area (Å²) in [6, 6.07) is 8.89. The standard InChI is InChI=1S/C15H18O6/c1-14(18)9-11(10-7-5-4-6-8-10)15(21-14,12(16)19-2)13(17)20-3/h4-8,11,18H,9H2,1-3H3. The molecule has 6 heteroatoms. The van der Waals surface area contributed by atoms with Gasteiger partial charge in [0, 0.05) is 12.3 Å². The van der Waals surface area contributed by atoms with Crippen LogP contribution in [0.15, 0.2) is 30.3 Å². The maximum absolute atomic E-state index is 12.2. The molecule has 21 heavy (non-hydrogen) atoms. The number of hydrogen-bond donors (Lipinski definition) is 1. The number of ether oxygens (including phenoxy) is 3. The van der Waals surface area contributed by atoms with Gasteiger partial charge in [0.25, 0.3) is 5.60 Å². The highest BCUT2D eigenvalue weighted by Crippen LogP contribution is 2.48. The van der Waals surface area contributed by atoms with Gasteiger partial charge >= 0.3 is 11.9 Å². The van der Waals surface area contributed by atoms with Crippen LogP contribution in [-0.2, 0) is 23.8 Å². The molecule has 2 unspecified atom stereocenters. The van der Waals surface area contributed by atoms with Crippen molar-refractivity contribution in [1.29, 1.82) is 0 Å². The summed E-state index contributed by atoms with van der Waals surface area (Å²) in [5.41, 5.74) is -1.32. The molecule has 0 radical (unpaired) electrons. The first-order chi connectivity index (χ1) is 9.87. The van der Waals surface area contributed by atoms with Gasteiger partial charge in [-0.05, 0) is 12.5 Å². The van der Waals surface area contributed by atoms with Crippen molar-refractivity contribution in [2.24, 2.45) is 0 Å². The summed E-state index contributed by atoms with van der Waals surface area (Å²) >= 11 is 0. The van der Waals surface area contributed by atoms with Crippen molar-refractivity contribution >= 4 is 11.9 Å². The number of benzene rings is 1. The lowest BCUT2D eigenvalue weighted by Crippen LogP contribution is -2.52. The molecule has 1 aliphatic heterocycles. The fourth-order valence-corrected chi connectivity index (χ4v) is 2.77. The van der Waals surface area contributed by atoms with Crippen molar-refractivity contribution in [3.05, 3.63) is 35.9 Å². The average Bonchev–Trinajstić information content (AvgIpc) is 2.79. The molecule has 0 spiro atoms. The second kappa shape index (κ2) is 5.46. The van der Waals surface area contributed by atoms with Crippen LogP contribution in [-0.4, -0.2) is 42.7 Å². The number of carbonyl (C=O) groups is 2. The van der Waals surface area contributed by atoms with Crippen LogP contribution in [0.4, 0.5) is 0 Å². The third-order valence-corrected chi connectivity index (χ3v) is 3.63. The predicted octanol–water partition coefficient (Wildman–Crippen LogP) is 0.984. The summed E-state index contributed by atoms with van der Waals surface area (Å²) < 4.78 is 14.9. The highest BCUT2D eigenvalue weighted by molar-refractivity contribution is 6.05. The second-order valence-electron chi connectivity index (χ2n) is 5.16. The van der Waals surface area contributed by atoms with Crippen molar-refractivity contribution in [1.82, 2.24) is 0 Å². The minimum Gasteiger partial charge on any atom is -0.466 e. The molecule has 1 aliphatic rings. The van der Waals surface area contributed by atoms with E-state index in [4.69, 9.17) is 14.2 Å². The topological polar surface area (TPSA) is 82.1 Å². The third kappa shape index (κ3) is 2.52. The van der Waals surface area contributed by atoms with Crippen LogP contribution in [0.2, 0.25) is 0 Å². The lowest BCUT2D eigenvalue weighted by atomic mass is 9.81. The van der Waals surface area contributed by atoms with Crippen molar-refractivity contribution in [3.8, 4) is 0 Å². The number of aliphatic hydroxyl groups is 1. The zero-order valence-electron chi connectivity index (χ0n) is 12.2. The van der Waals surface area contributed by atoms with E-state index < -0.39 is 29.2 Å². The first kappa shape index (κ1) is 15.5. The van der Waals surface area contributed by atoms with E-state index in [2.05, 4.69) is 0 Å². The van der Waals surface area contributed by atoms with Gasteiger partial charge in [-0.2, -0.15) is 0 Å². The second-order valence-corrected chi connectivity index (χ2v) is 5.16. The molecule has 0 aliphatic carbocycles. The van der Waals surface area contributed by atoms with Crippen LogP contribution in [0, 0.1) is 0 Å². The molecule has 0 amide bonds. The Balaban J connectivity index is 2.58. The number of hydrogen-bond acceptors (Lipinski definition) is 6. The van der Waals surface area contributed by atoms with E-state index in [0.29, 0.717) is 5.56 Å². The van der Waals surface area contributed by atoms with Crippen LogP contribution in [0.25, 0.3) is 0 Å². The molecule has 0 bridgehead atoms. The highest BCUT2D eigenvalue weighted by Gasteiger charge is 2.65. The maximum Gasteiger partial charge on any atom is 0.350 e. The Morgan fingerprint density at radius 2 is 1.71 bits per heavy atom. The highest BCUT2D eigenvalue weighted by atomic mass is 16.7. The van der Waals surface area contributed by atoms with Crippen molar-refractivity contribution in [2.45, 2.75) is 30.7 Å². The van der Waals surface area contributed by atoms with Crippen molar-refractivity contribution in [2.75, 3.05) is 14.2 Å². The molecule has 1 aromatic carbocycles. The number of carbonyl (C=O) groups excluding carboxylic acids is 2. The zero-order chi connectivity index (χ0) is 15.7. The van der Waals surface area contributed by atoms with E-state index in [0.717, 1.165) is 14.2 Å². The fraction of sp³-hybridized carbons (Fsp3) is 0.467. The third-order valence-electron chi connectivity index (χ3n) is 3.63. The van der Waals surface area contributed by atoms with Gasteiger partial charge in [0.05, 0.1) is 14.2 Å². The maximum atomic E-state index is 12.2. The summed E-state index contributed by atoms with van der Waals surface area (Å²) in [7, 11) is 2.32. The Hall–Kier alpha value is -1.92. The molecule has 0 aromatic heterocycles. The molecule has 114 valence electrons. The molecule has 2 rings (SSSR count). The van der Waals surface area contributed by atoms with Gasteiger partial charge in [0.2, 0.25) is 0 Å². The summed E-state index contributed by atoms with van der Waals surface area (Å²) in [6.45, 7) is 1.40. The molecular formula is C15H18O6. The molecule has 0 saturated carbocycles. The van der Waals surface area contributed by atoms with Crippen molar-refractivity contribution in [3.63, 3.8) is 0 Å². The molecule has 1 N–H and O–H groups in total. The quantitative estimate of drug-likeness (QED) is 0.661. The smallest absolute Gasteiger partial charge is 0.350 e. The van der Waals surface area contributed by atoms with Crippen molar-refractivity contribution < 1.29 is 28.9 Å². The summed E-state index contributed by atoms with van der Waals surface area (Å²) in [5, 5.41) is 10.2. The molecular weight excluding hydrogens is 276 g/mol. The monoisotopic (exact) mass is 294 g/mol. The number of esters is 2. The number of rotatable bonds is 3. The summed E-state index contributed by atoms with van der Waals surface area (Å²) in [6.07, 6.45) is 0.0706. The van der Waals surface area contributed by atoms with Crippen LogP contribution in [0.1, 0.15) is 24.8 Å². The van der Waals surface area contributed by atoms with Crippen LogP contribution < -0.4 is 0 Å². The minimum absolute atomic E-state index is 0.0706. The van der Waals surface area contributed by atoms with Crippen LogP contribution in [0.3, 0.4) is 0 Å². The molecule has 1 saturated heterocycles. The molecule has 1 aromatic rings. The Bertz CT molecular complexity index is 520. The molecule has 1 heterocycles. The van der Waals surface area contributed by atoms with E-state index >= 15 is 0 Å². The lowest BCUT2D eigenvalue weighted by molar-refractivity contribution is -0.230. The van der Waals surface area contributed by atoms with Crippen LogP contribution in [0.5, 0.6) is 0 Å². The summed E-state index contributed by atoms with van der Waals surface area (Å²) in [5.74, 6) is -4.11. The van der Waals surface area contributed by atoms with Gasteiger partial charge in [-0.15, -0.1) is 0 Å². The minimum atomic E-state index is -2.01. The zero-order valence-corrected chi connectivity index (χ0v) is 12.2. The average molecular weight is 294 g/mol. The normalized spacial score (nSPS) is 27.1. The van der Waals surface area contributed by atoms with Gasteiger partial charge in [-0.25, -0.2) is 9.59 Å². The molecule has 2 atom stereocenters. The first-order valence-electron chi connectivity index (χ1n) is 6.51. The van der Waals surface area contributed by atoms with E-state index in [1.807, 2.05) is 6.07 Å². The van der Waals surface area contributed by atoms with E-state index in [9.17, 15) is 14.7 Å².